The number of hydrogen-bond donors (Lipinski definition) is 1. The summed E-state index contributed by atoms with van der Waals surface area (Å²) in [6.07, 6.45) is -1.14. The normalized spacial score (nSPS) is 22.1. The lowest BCUT2D eigenvalue weighted by Crippen LogP contribution is -2.54. The highest BCUT2D eigenvalue weighted by Gasteiger charge is 2.41. The molecule has 1 aliphatic heterocycles. The first kappa shape index (κ1) is 13.7. The van der Waals surface area contributed by atoms with Crippen molar-refractivity contribution in [2.45, 2.75) is 25.0 Å². The number of hydrogen-bond acceptors (Lipinski definition) is 3. The second-order valence-corrected chi connectivity index (χ2v) is 4.74. The van der Waals surface area contributed by atoms with Gasteiger partial charge in [-0.3, -0.25) is 0 Å². The van der Waals surface area contributed by atoms with Gasteiger partial charge < -0.3 is 15.4 Å². The average Bonchev–Trinajstić information content (AvgIpc) is 2.34. The molecule has 1 fully saturated rings. The first-order chi connectivity index (χ1) is 8.96. The van der Waals surface area contributed by atoms with Crippen LogP contribution < -0.4 is 5.73 Å². The second kappa shape index (κ2) is 5.52. The van der Waals surface area contributed by atoms with Crippen LogP contribution in [0.4, 0.5) is 13.6 Å². The summed E-state index contributed by atoms with van der Waals surface area (Å²) in [6.45, 7) is -0.464. The summed E-state index contributed by atoms with van der Waals surface area (Å²) in [5, 5.41) is 0. The van der Waals surface area contributed by atoms with Gasteiger partial charge in [-0.05, 0) is 5.56 Å². The zero-order valence-corrected chi connectivity index (χ0v) is 10.4. The molecule has 6 heteroatoms. The molecule has 104 valence electrons. The van der Waals surface area contributed by atoms with E-state index in [0.29, 0.717) is 0 Å². The number of likely N-dealkylation sites (tertiary alicyclic amines) is 1. The smallest absolute Gasteiger partial charge is 0.410 e. The zero-order valence-electron chi connectivity index (χ0n) is 10.4. The molecule has 0 saturated carbocycles. The Bertz CT molecular complexity index is 440. The van der Waals surface area contributed by atoms with Crippen LogP contribution in [0, 0.1) is 0 Å². The van der Waals surface area contributed by atoms with Gasteiger partial charge in [0.1, 0.15) is 6.61 Å². The van der Waals surface area contributed by atoms with Gasteiger partial charge in [0.25, 0.3) is 5.92 Å². The van der Waals surface area contributed by atoms with E-state index in [1.807, 2.05) is 18.2 Å². The average molecular weight is 270 g/mol. The van der Waals surface area contributed by atoms with E-state index in [4.69, 9.17) is 10.5 Å². The third kappa shape index (κ3) is 3.89. The van der Waals surface area contributed by atoms with Gasteiger partial charge in [0.15, 0.2) is 0 Å². The molecule has 0 radical (unpaired) electrons. The van der Waals surface area contributed by atoms with Crippen molar-refractivity contribution in [2.75, 3.05) is 13.1 Å². The van der Waals surface area contributed by atoms with Crippen molar-refractivity contribution in [2.24, 2.45) is 5.73 Å². The van der Waals surface area contributed by atoms with E-state index < -0.39 is 31.0 Å². The van der Waals surface area contributed by atoms with Crippen LogP contribution >= 0.6 is 0 Å². The number of nitrogens with two attached hydrogens (primary N) is 1. The lowest BCUT2D eigenvalue weighted by Gasteiger charge is -2.35. The molecule has 1 atom stereocenters. The van der Waals surface area contributed by atoms with E-state index in [1.165, 1.54) is 0 Å². The highest BCUT2D eigenvalue weighted by Crippen LogP contribution is 2.26. The van der Waals surface area contributed by atoms with Crippen LogP contribution in [0.25, 0.3) is 0 Å². The number of benzene rings is 1. The Morgan fingerprint density at radius 2 is 2.11 bits per heavy atom. The standard InChI is InChI=1S/C13H16F2N2O2/c14-13(15)6-11(16)7-17(9-13)12(18)19-8-10-4-2-1-3-5-10/h1-5,11H,6-9,16H2. The van der Waals surface area contributed by atoms with Gasteiger partial charge in [-0.1, -0.05) is 30.3 Å². The van der Waals surface area contributed by atoms with Crippen LogP contribution in [0.2, 0.25) is 0 Å². The molecular formula is C13H16F2N2O2. The summed E-state index contributed by atoms with van der Waals surface area (Å²) in [5.74, 6) is -2.94. The second-order valence-electron chi connectivity index (χ2n) is 4.74. The van der Waals surface area contributed by atoms with E-state index in [1.54, 1.807) is 12.1 Å². The molecule has 0 aromatic heterocycles. The van der Waals surface area contributed by atoms with Crippen LogP contribution in [0.3, 0.4) is 0 Å². The van der Waals surface area contributed by atoms with Crippen molar-refractivity contribution >= 4 is 6.09 Å². The third-order valence-corrected chi connectivity index (χ3v) is 2.90. The van der Waals surface area contributed by atoms with E-state index >= 15 is 0 Å². The molecule has 2 N–H and O–H groups in total. The Hall–Kier alpha value is -1.69. The Morgan fingerprint density at radius 3 is 2.74 bits per heavy atom. The minimum atomic E-state index is -2.94. The van der Waals surface area contributed by atoms with Gasteiger partial charge in [-0.2, -0.15) is 0 Å². The molecule has 4 nitrogen and oxygen atoms in total. The van der Waals surface area contributed by atoms with Gasteiger partial charge in [0.2, 0.25) is 0 Å². The van der Waals surface area contributed by atoms with Gasteiger partial charge in [0.05, 0.1) is 6.54 Å². The molecule has 1 saturated heterocycles. The fraction of sp³-hybridized carbons (Fsp3) is 0.462. The minimum Gasteiger partial charge on any atom is -0.445 e. The highest BCUT2D eigenvalue weighted by atomic mass is 19.3. The molecule has 1 aromatic rings. The zero-order chi connectivity index (χ0) is 13.9. The maximum absolute atomic E-state index is 13.3. The molecule has 0 spiro atoms. The number of piperidine rings is 1. The molecule has 1 amide bonds. The molecule has 1 aromatic carbocycles. The Balaban J connectivity index is 1.89. The van der Waals surface area contributed by atoms with Crippen LogP contribution in [-0.4, -0.2) is 36.0 Å². The topological polar surface area (TPSA) is 55.6 Å². The largest absolute Gasteiger partial charge is 0.445 e. The molecule has 1 unspecified atom stereocenters. The lowest BCUT2D eigenvalue weighted by atomic mass is 10.0. The summed E-state index contributed by atoms with van der Waals surface area (Å²) in [5.41, 5.74) is 6.33. The number of rotatable bonds is 2. The first-order valence-electron chi connectivity index (χ1n) is 6.05. The molecule has 2 rings (SSSR count). The number of halogens is 2. The van der Waals surface area contributed by atoms with Crippen molar-refractivity contribution in [1.82, 2.24) is 4.90 Å². The quantitative estimate of drug-likeness (QED) is 0.894. The SMILES string of the molecule is NC1CN(C(=O)OCc2ccccc2)CC(F)(F)C1. The van der Waals surface area contributed by atoms with Gasteiger partial charge in [-0.15, -0.1) is 0 Å². The Labute approximate surface area is 110 Å². The van der Waals surface area contributed by atoms with Gasteiger partial charge in [-0.25, -0.2) is 13.6 Å². The summed E-state index contributed by atoms with van der Waals surface area (Å²) in [4.78, 5) is 12.7. The molecule has 1 aliphatic rings. The first-order valence-corrected chi connectivity index (χ1v) is 6.05. The summed E-state index contributed by atoms with van der Waals surface area (Å²) in [7, 11) is 0. The molecule has 0 bridgehead atoms. The number of nitrogens with zero attached hydrogens (tertiary/aromatic N) is 1. The number of carbonyl (C=O) groups excluding carboxylic acids is 1. The summed E-state index contributed by atoms with van der Waals surface area (Å²) in [6, 6.07) is 8.35. The van der Waals surface area contributed by atoms with Crippen molar-refractivity contribution < 1.29 is 18.3 Å². The fourth-order valence-electron chi connectivity index (χ4n) is 2.09. The Morgan fingerprint density at radius 1 is 1.42 bits per heavy atom. The van der Waals surface area contributed by atoms with Crippen molar-refractivity contribution in [3.8, 4) is 0 Å². The van der Waals surface area contributed by atoms with Gasteiger partial charge in [0, 0.05) is 19.0 Å². The van der Waals surface area contributed by atoms with Crippen molar-refractivity contribution in [3.63, 3.8) is 0 Å². The number of ether oxygens (including phenoxy) is 1. The predicted octanol–water partition coefficient (Wildman–Crippen LogP) is 1.99. The minimum absolute atomic E-state index is 0.0665. The van der Waals surface area contributed by atoms with E-state index in [9.17, 15) is 13.6 Å². The lowest BCUT2D eigenvalue weighted by molar-refractivity contribution is -0.0672. The molecular weight excluding hydrogens is 254 g/mol. The highest BCUT2D eigenvalue weighted by molar-refractivity contribution is 5.68. The fourth-order valence-corrected chi connectivity index (χ4v) is 2.09. The van der Waals surface area contributed by atoms with Gasteiger partial charge >= 0.3 is 6.09 Å². The summed E-state index contributed by atoms with van der Waals surface area (Å²) < 4.78 is 31.6. The van der Waals surface area contributed by atoms with E-state index in [0.717, 1.165) is 10.5 Å². The third-order valence-electron chi connectivity index (χ3n) is 2.90. The number of carbonyl (C=O) groups is 1. The molecule has 1 heterocycles. The van der Waals surface area contributed by atoms with Crippen LogP contribution in [-0.2, 0) is 11.3 Å². The maximum Gasteiger partial charge on any atom is 0.410 e. The van der Waals surface area contributed by atoms with E-state index in [2.05, 4.69) is 0 Å². The number of amides is 1. The van der Waals surface area contributed by atoms with E-state index in [-0.39, 0.29) is 13.2 Å². The number of alkyl halides is 2. The maximum atomic E-state index is 13.3. The molecule has 19 heavy (non-hydrogen) atoms. The molecule has 0 aliphatic carbocycles. The summed E-state index contributed by atoms with van der Waals surface area (Å²) >= 11 is 0. The van der Waals surface area contributed by atoms with Crippen LogP contribution in [0.5, 0.6) is 0 Å². The van der Waals surface area contributed by atoms with Crippen molar-refractivity contribution in [3.05, 3.63) is 35.9 Å². The Kier molecular flexibility index (Phi) is 3.99. The van der Waals surface area contributed by atoms with Crippen LogP contribution in [0.15, 0.2) is 30.3 Å². The van der Waals surface area contributed by atoms with Crippen LogP contribution in [0.1, 0.15) is 12.0 Å². The predicted molar refractivity (Wildman–Crippen MR) is 65.7 cm³/mol. The monoisotopic (exact) mass is 270 g/mol. The van der Waals surface area contributed by atoms with Crippen molar-refractivity contribution in [1.29, 1.82) is 0 Å².